The smallest absolute Gasteiger partial charge is 0.265 e. The quantitative estimate of drug-likeness (QED) is 0.287. The summed E-state index contributed by atoms with van der Waals surface area (Å²) in [5.41, 5.74) is 10.1. The molecular formula is C26H40F2N6O3. The number of aldehydes is 1. The van der Waals surface area contributed by atoms with Crippen LogP contribution in [0.4, 0.5) is 14.5 Å². The molecule has 37 heavy (non-hydrogen) atoms. The normalized spacial score (nSPS) is 14.9. The summed E-state index contributed by atoms with van der Waals surface area (Å²) in [6.07, 6.45) is 6.21. The number of hydrogen-bond donors (Lipinski definition) is 3. The first kappa shape index (κ1) is 31.7. The Morgan fingerprint density at radius 3 is 2.49 bits per heavy atom. The SMILES string of the molecule is CC=O.CCCc1cn(C/C(=C(/N)c2ccc(N3CCCC(F)(F)C3)c(C)n2)N(C)N)ccc1=O.CO. The summed E-state index contributed by atoms with van der Waals surface area (Å²) >= 11 is 0. The van der Waals surface area contributed by atoms with Crippen LogP contribution in [0.25, 0.3) is 5.70 Å². The van der Waals surface area contributed by atoms with Gasteiger partial charge in [0.15, 0.2) is 5.43 Å². The lowest BCUT2D eigenvalue weighted by molar-refractivity contribution is -0.106. The van der Waals surface area contributed by atoms with E-state index in [-0.39, 0.29) is 18.4 Å². The Morgan fingerprint density at radius 1 is 1.30 bits per heavy atom. The molecule has 1 saturated heterocycles. The number of piperidine rings is 1. The Bertz CT molecular complexity index is 1100. The van der Waals surface area contributed by atoms with E-state index in [1.807, 2.05) is 17.7 Å². The third-order valence-electron chi connectivity index (χ3n) is 5.71. The maximum Gasteiger partial charge on any atom is 0.265 e. The van der Waals surface area contributed by atoms with E-state index in [1.165, 1.54) is 11.9 Å². The fourth-order valence-corrected chi connectivity index (χ4v) is 4.05. The summed E-state index contributed by atoms with van der Waals surface area (Å²) in [7, 11) is 2.69. The van der Waals surface area contributed by atoms with Crippen molar-refractivity contribution < 1.29 is 18.7 Å². The van der Waals surface area contributed by atoms with Crippen molar-refractivity contribution in [1.29, 1.82) is 0 Å². The van der Waals surface area contributed by atoms with Gasteiger partial charge in [0.05, 0.1) is 41.6 Å². The molecule has 0 aromatic carbocycles. The van der Waals surface area contributed by atoms with Gasteiger partial charge in [-0.3, -0.25) is 4.79 Å². The van der Waals surface area contributed by atoms with Crippen LogP contribution in [0, 0.1) is 6.92 Å². The van der Waals surface area contributed by atoms with E-state index in [9.17, 15) is 13.6 Å². The van der Waals surface area contributed by atoms with Crippen LogP contribution in [0.5, 0.6) is 0 Å². The van der Waals surface area contributed by atoms with E-state index in [0.29, 0.717) is 54.4 Å². The largest absolute Gasteiger partial charge is 0.400 e. The van der Waals surface area contributed by atoms with E-state index in [1.54, 1.807) is 43.3 Å². The highest BCUT2D eigenvalue weighted by molar-refractivity contribution is 5.65. The minimum absolute atomic E-state index is 0.0128. The number of anilines is 1. The molecule has 206 valence electrons. The molecule has 2 aromatic heterocycles. The maximum atomic E-state index is 13.9. The lowest BCUT2D eigenvalue weighted by Crippen LogP contribution is -2.43. The van der Waals surface area contributed by atoms with Crippen LogP contribution in [0.15, 0.2) is 41.1 Å². The van der Waals surface area contributed by atoms with Crippen LogP contribution in [-0.4, -0.2) is 59.1 Å². The molecule has 1 fully saturated rings. The first-order valence-corrected chi connectivity index (χ1v) is 12.1. The minimum atomic E-state index is -2.69. The highest BCUT2D eigenvalue weighted by Crippen LogP contribution is 2.31. The number of pyridine rings is 2. The molecule has 0 bridgehead atoms. The number of carbonyl (C=O) groups excluding carboxylic acids is 1. The molecule has 0 aliphatic carbocycles. The number of carbonyl (C=O) groups is 1. The molecule has 2 aromatic rings. The third-order valence-corrected chi connectivity index (χ3v) is 5.71. The van der Waals surface area contributed by atoms with Gasteiger partial charge in [0.2, 0.25) is 0 Å². The summed E-state index contributed by atoms with van der Waals surface area (Å²) in [5.74, 6) is 3.38. The van der Waals surface area contributed by atoms with Gasteiger partial charge in [0, 0.05) is 51.1 Å². The molecule has 5 N–H and O–H groups in total. The lowest BCUT2D eigenvalue weighted by atomic mass is 10.1. The molecule has 0 saturated carbocycles. The predicted octanol–water partition coefficient (Wildman–Crippen LogP) is 2.69. The molecule has 1 aliphatic rings. The van der Waals surface area contributed by atoms with Crippen molar-refractivity contribution in [1.82, 2.24) is 14.6 Å². The number of hydrazine groups is 1. The number of rotatable bonds is 7. The van der Waals surface area contributed by atoms with Crippen molar-refractivity contribution >= 4 is 17.7 Å². The Kier molecular flexibility index (Phi) is 12.9. The zero-order valence-corrected chi connectivity index (χ0v) is 22.4. The molecule has 3 heterocycles. The van der Waals surface area contributed by atoms with Crippen LogP contribution >= 0.6 is 0 Å². The lowest BCUT2D eigenvalue weighted by Gasteiger charge is -2.34. The van der Waals surface area contributed by atoms with Crippen LogP contribution in [0.2, 0.25) is 0 Å². The van der Waals surface area contributed by atoms with E-state index < -0.39 is 5.92 Å². The van der Waals surface area contributed by atoms with E-state index in [2.05, 4.69) is 4.98 Å². The molecule has 9 nitrogen and oxygen atoms in total. The third kappa shape index (κ3) is 9.25. The average molecular weight is 523 g/mol. The number of aryl methyl sites for hydroxylation is 2. The number of nitrogens with two attached hydrogens (primary N) is 2. The van der Waals surface area contributed by atoms with E-state index in [4.69, 9.17) is 21.5 Å². The number of hydrogen-bond acceptors (Lipinski definition) is 8. The van der Waals surface area contributed by atoms with Gasteiger partial charge in [-0.15, -0.1) is 0 Å². The first-order chi connectivity index (χ1) is 17.5. The summed E-state index contributed by atoms with van der Waals surface area (Å²) in [5, 5.41) is 8.43. The van der Waals surface area contributed by atoms with Crippen LogP contribution < -0.4 is 21.9 Å². The predicted molar refractivity (Wildman–Crippen MR) is 143 cm³/mol. The van der Waals surface area contributed by atoms with Gasteiger partial charge < -0.3 is 30.1 Å². The second kappa shape index (κ2) is 15.1. The van der Waals surface area contributed by atoms with Crippen molar-refractivity contribution in [2.45, 2.75) is 58.9 Å². The van der Waals surface area contributed by atoms with Gasteiger partial charge in [0.25, 0.3) is 5.92 Å². The van der Waals surface area contributed by atoms with Crippen molar-refractivity contribution in [3.05, 3.63) is 63.5 Å². The molecule has 0 unspecified atom stereocenters. The number of allylic oxidation sites excluding steroid dienone is 1. The molecule has 0 amide bonds. The standard InChI is InChI=1S/C23H32F2N6O.C2H4O.CH4O/c1-4-6-17-13-30(12-9-21(17)32)14-20(29(3)27)22(26)18-7-8-19(16(2)28-18)31-11-5-10-23(24,25)15-31;1-2-3;1-2/h7-9,12-13H,4-6,10-11,14-15,26-27H2,1-3H3;2H,1H3;2H,1H3/b22-20-;;. The highest BCUT2D eigenvalue weighted by atomic mass is 19.3. The topological polar surface area (TPSA) is 131 Å². The maximum absolute atomic E-state index is 13.9. The summed E-state index contributed by atoms with van der Waals surface area (Å²) in [4.78, 5) is 27.1. The Balaban J connectivity index is 0.00000127. The number of halogens is 2. The number of aliphatic hydroxyl groups excluding tert-OH is 1. The van der Waals surface area contributed by atoms with Crippen LogP contribution in [0.1, 0.15) is 50.1 Å². The van der Waals surface area contributed by atoms with Crippen LogP contribution in [0.3, 0.4) is 0 Å². The second-order valence-electron chi connectivity index (χ2n) is 8.65. The zero-order valence-electron chi connectivity index (χ0n) is 22.4. The van der Waals surface area contributed by atoms with Crippen molar-refractivity contribution in [2.24, 2.45) is 11.6 Å². The molecule has 0 atom stereocenters. The van der Waals surface area contributed by atoms with Gasteiger partial charge >= 0.3 is 0 Å². The monoisotopic (exact) mass is 522 g/mol. The number of likely N-dealkylation sites (N-methyl/N-ethyl adjacent to an activating group) is 1. The fourth-order valence-electron chi connectivity index (χ4n) is 4.05. The molecule has 11 heteroatoms. The van der Waals surface area contributed by atoms with Gasteiger partial charge in [-0.2, -0.15) is 0 Å². The van der Waals surface area contributed by atoms with Crippen molar-refractivity contribution in [2.75, 3.05) is 32.1 Å². The van der Waals surface area contributed by atoms with E-state index >= 15 is 0 Å². The zero-order chi connectivity index (χ0) is 28.2. The van der Waals surface area contributed by atoms with Gasteiger partial charge in [0.1, 0.15) is 6.29 Å². The van der Waals surface area contributed by atoms with Gasteiger partial charge in [-0.1, -0.05) is 13.3 Å². The molecular weight excluding hydrogens is 482 g/mol. The summed E-state index contributed by atoms with van der Waals surface area (Å²) in [6, 6.07) is 5.07. The molecule has 0 radical (unpaired) electrons. The van der Waals surface area contributed by atoms with Gasteiger partial charge in [-0.25, -0.2) is 19.6 Å². The first-order valence-electron chi connectivity index (χ1n) is 12.1. The molecule has 3 rings (SSSR count). The van der Waals surface area contributed by atoms with Crippen LogP contribution in [-0.2, 0) is 17.8 Å². The summed E-state index contributed by atoms with van der Waals surface area (Å²) < 4.78 is 29.6. The number of alkyl halides is 2. The average Bonchev–Trinajstić information content (AvgIpc) is 2.85. The number of aliphatic hydroxyl groups is 1. The summed E-state index contributed by atoms with van der Waals surface area (Å²) in [6.45, 7) is 5.89. The van der Waals surface area contributed by atoms with Crippen molar-refractivity contribution in [3.8, 4) is 0 Å². The fraction of sp³-hybridized carbons (Fsp3) is 0.500. The molecule has 0 spiro atoms. The Morgan fingerprint density at radius 2 is 1.95 bits per heavy atom. The van der Waals surface area contributed by atoms with E-state index in [0.717, 1.165) is 25.4 Å². The Hall–Kier alpha value is -3.31. The van der Waals surface area contributed by atoms with Gasteiger partial charge in [-0.05, 0) is 38.8 Å². The molecule has 1 aliphatic heterocycles. The van der Waals surface area contributed by atoms with Crippen molar-refractivity contribution in [3.63, 3.8) is 0 Å². The number of nitrogens with zero attached hydrogens (tertiary/aromatic N) is 4. The second-order valence-corrected chi connectivity index (χ2v) is 8.65. The Labute approximate surface area is 217 Å². The minimum Gasteiger partial charge on any atom is -0.400 e. The number of aromatic nitrogens is 2. The highest BCUT2D eigenvalue weighted by Gasteiger charge is 2.35.